The zero-order chi connectivity index (χ0) is 17.9. The van der Waals surface area contributed by atoms with E-state index in [1.807, 2.05) is 0 Å². The third-order valence-corrected chi connectivity index (χ3v) is 5.30. The maximum atomic E-state index is 13.9. The Bertz CT molecular complexity index is 709. The van der Waals surface area contributed by atoms with Gasteiger partial charge in [0.15, 0.2) is 0 Å². The number of halogens is 2. The highest BCUT2D eigenvalue weighted by Crippen LogP contribution is 2.23. The van der Waals surface area contributed by atoms with Gasteiger partial charge in [-0.3, -0.25) is 9.10 Å². The number of nitrogens with zero attached hydrogens (tertiary/aromatic N) is 2. The standard InChI is InChI=1S/C16H22F2N2O3S/c1-12-4-3-8-19(11-12)16(21)7-9-20(24(2,22)23)15-6-5-13(17)10-14(15)18/h5-6,10,12H,3-4,7-9,11H2,1-2H3. The quantitative estimate of drug-likeness (QED) is 0.810. The van der Waals surface area contributed by atoms with Gasteiger partial charge >= 0.3 is 0 Å². The summed E-state index contributed by atoms with van der Waals surface area (Å²) in [4.78, 5) is 14.0. The van der Waals surface area contributed by atoms with E-state index in [1.165, 1.54) is 0 Å². The van der Waals surface area contributed by atoms with Crippen LogP contribution in [-0.4, -0.2) is 45.1 Å². The van der Waals surface area contributed by atoms with E-state index in [4.69, 9.17) is 0 Å². The Balaban J connectivity index is 2.11. The van der Waals surface area contributed by atoms with Crippen molar-refractivity contribution < 1.29 is 22.0 Å². The normalized spacial score (nSPS) is 18.5. The Morgan fingerprint density at radius 2 is 2.08 bits per heavy atom. The molecule has 0 spiro atoms. The molecule has 1 aliphatic rings. The Morgan fingerprint density at radius 3 is 2.67 bits per heavy atom. The number of benzene rings is 1. The minimum Gasteiger partial charge on any atom is -0.342 e. The van der Waals surface area contributed by atoms with Crippen molar-refractivity contribution >= 4 is 21.6 Å². The first-order valence-electron chi connectivity index (χ1n) is 7.89. The Hall–Kier alpha value is -1.70. The molecule has 1 amide bonds. The molecular weight excluding hydrogens is 338 g/mol. The second kappa shape index (κ2) is 7.46. The summed E-state index contributed by atoms with van der Waals surface area (Å²) >= 11 is 0. The number of amides is 1. The van der Waals surface area contributed by atoms with Gasteiger partial charge in [-0.1, -0.05) is 6.92 Å². The summed E-state index contributed by atoms with van der Waals surface area (Å²) in [5.41, 5.74) is -0.251. The van der Waals surface area contributed by atoms with Crippen LogP contribution in [0, 0.1) is 17.6 Å². The average Bonchev–Trinajstić information content (AvgIpc) is 2.48. The third kappa shape index (κ3) is 4.66. The SMILES string of the molecule is CC1CCCN(C(=O)CCN(c2ccc(F)cc2F)S(C)(=O)=O)C1. The number of carbonyl (C=O) groups excluding carboxylic acids is 1. The van der Waals surface area contributed by atoms with Gasteiger partial charge < -0.3 is 4.90 Å². The summed E-state index contributed by atoms with van der Waals surface area (Å²) in [6.45, 7) is 3.21. The van der Waals surface area contributed by atoms with Gasteiger partial charge in [0.25, 0.3) is 0 Å². The summed E-state index contributed by atoms with van der Waals surface area (Å²) in [5, 5.41) is 0. The van der Waals surface area contributed by atoms with E-state index >= 15 is 0 Å². The smallest absolute Gasteiger partial charge is 0.232 e. The fraction of sp³-hybridized carbons (Fsp3) is 0.562. The van der Waals surface area contributed by atoms with Crippen LogP contribution in [0.15, 0.2) is 18.2 Å². The summed E-state index contributed by atoms with van der Waals surface area (Å²) in [6, 6.07) is 2.69. The van der Waals surface area contributed by atoms with Gasteiger partial charge in [0.1, 0.15) is 11.6 Å². The molecule has 5 nitrogen and oxygen atoms in total. The maximum Gasteiger partial charge on any atom is 0.232 e. The Kier molecular flexibility index (Phi) is 5.79. The highest BCUT2D eigenvalue weighted by molar-refractivity contribution is 7.92. The topological polar surface area (TPSA) is 57.7 Å². The lowest BCUT2D eigenvalue weighted by Crippen LogP contribution is -2.41. The lowest BCUT2D eigenvalue weighted by molar-refractivity contribution is -0.132. The zero-order valence-corrected chi connectivity index (χ0v) is 14.7. The van der Waals surface area contributed by atoms with Crippen LogP contribution in [0.2, 0.25) is 0 Å². The maximum absolute atomic E-state index is 13.9. The van der Waals surface area contributed by atoms with Crippen LogP contribution in [0.25, 0.3) is 0 Å². The minimum absolute atomic E-state index is 0.0450. The molecular formula is C16H22F2N2O3S. The molecule has 0 radical (unpaired) electrons. The van der Waals surface area contributed by atoms with Crippen molar-refractivity contribution in [2.45, 2.75) is 26.2 Å². The molecule has 1 unspecified atom stereocenters. The second-order valence-corrected chi connectivity index (χ2v) is 8.17. The molecule has 1 heterocycles. The molecule has 0 saturated carbocycles. The van der Waals surface area contributed by atoms with Crippen molar-refractivity contribution in [2.24, 2.45) is 5.92 Å². The van der Waals surface area contributed by atoms with Crippen LogP contribution in [0.1, 0.15) is 26.2 Å². The molecule has 134 valence electrons. The zero-order valence-electron chi connectivity index (χ0n) is 13.8. The Labute approximate surface area is 141 Å². The van der Waals surface area contributed by atoms with E-state index in [1.54, 1.807) is 4.90 Å². The van der Waals surface area contributed by atoms with E-state index < -0.39 is 21.7 Å². The predicted octanol–water partition coefficient (Wildman–Crippen LogP) is 2.38. The first-order valence-corrected chi connectivity index (χ1v) is 9.74. The van der Waals surface area contributed by atoms with E-state index in [0.717, 1.165) is 35.5 Å². The van der Waals surface area contributed by atoms with Gasteiger partial charge in [0, 0.05) is 32.1 Å². The molecule has 0 aliphatic carbocycles. The number of rotatable bonds is 5. The van der Waals surface area contributed by atoms with E-state index in [2.05, 4.69) is 6.92 Å². The fourth-order valence-electron chi connectivity index (χ4n) is 2.92. The summed E-state index contributed by atoms with van der Waals surface area (Å²) in [6.07, 6.45) is 2.88. The van der Waals surface area contributed by atoms with Crippen LogP contribution >= 0.6 is 0 Å². The number of hydrogen-bond donors (Lipinski definition) is 0. The van der Waals surface area contributed by atoms with Crippen LogP contribution < -0.4 is 4.31 Å². The van der Waals surface area contributed by atoms with Crippen molar-refractivity contribution in [2.75, 3.05) is 30.2 Å². The van der Waals surface area contributed by atoms with Crippen molar-refractivity contribution in [3.63, 3.8) is 0 Å². The number of carbonyl (C=O) groups is 1. The molecule has 1 saturated heterocycles. The van der Waals surface area contributed by atoms with Gasteiger partial charge in [0.05, 0.1) is 11.9 Å². The van der Waals surface area contributed by atoms with Crippen LogP contribution in [-0.2, 0) is 14.8 Å². The van der Waals surface area contributed by atoms with Gasteiger partial charge in [-0.2, -0.15) is 0 Å². The van der Waals surface area contributed by atoms with Gasteiger partial charge in [-0.25, -0.2) is 17.2 Å². The van der Waals surface area contributed by atoms with Crippen LogP contribution in [0.4, 0.5) is 14.5 Å². The molecule has 0 N–H and O–H groups in total. The monoisotopic (exact) mass is 360 g/mol. The third-order valence-electron chi connectivity index (χ3n) is 4.12. The lowest BCUT2D eigenvalue weighted by atomic mass is 10.00. The van der Waals surface area contributed by atoms with Crippen LogP contribution in [0.5, 0.6) is 0 Å². The Morgan fingerprint density at radius 1 is 1.38 bits per heavy atom. The fourth-order valence-corrected chi connectivity index (χ4v) is 3.85. The summed E-state index contributed by atoms with van der Waals surface area (Å²) < 4.78 is 51.7. The molecule has 1 aromatic rings. The largest absolute Gasteiger partial charge is 0.342 e. The van der Waals surface area contributed by atoms with Crippen molar-refractivity contribution in [1.29, 1.82) is 0 Å². The van der Waals surface area contributed by atoms with E-state index in [9.17, 15) is 22.0 Å². The summed E-state index contributed by atoms with van der Waals surface area (Å²) in [5.74, 6) is -1.50. The number of likely N-dealkylation sites (tertiary alicyclic amines) is 1. The summed E-state index contributed by atoms with van der Waals surface area (Å²) in [7, 11) is -3.79. The molecule has 1 aliphatic heterocycles. The second-order valence-electron chi connectivity index (χ2n) is 6.27. The number of sulfonamides is 1. The molecule has 8 heteroatoms. The first-order chi connectivity index (χ1) is 11.2. The molecule has 2 rings (SSSR count). The molecule has 24 heavy (non-hydrogen) atoms. The van der Waals surface area contributed by atoms with Gasteiger partial charge in [0.2, 0.25) is 15.9 Å². The minimum atomic E-state index is -3.79. The molecule has 1 fully saturated rings. The highest BCUT2D eigenvalue weighted by atomic mass is 32.2. The van der Waals surface area contributed by atoms with Gasteiger partial charge in [-0.15, -0.1) is 0 Å². The number of piperidine rings is 1. The van der Waals surface area contributed by atoms with E-state index in [-0.39, 0.29) is 24.6 Å². The van der Waals surface area contributed by atoms with Gasteiger partial charge in [-0.05, 0) is 30.9 Å². The molecule has 0 bridgehead atoms. The lowest BCUT2D eigenvalue weighted by Gasteiger charge is -2.32. The molecule has 1 atom stereocenters. The van der Waals surface area contributed by atoms with Crippen molar-refractivity contribution in [3.05, 3.63) is 29.8 Å². The predicted molar refractivity (Wildman–Crippen MR) is 88.1 cm³/mol. The average molecular weight is 360 g/mol. The van der Waals surface area contributed by atoms with Crippen LogP contribution in [0.3, 0.4) is 0 Å². The number of anilines is 1. The van der Waals surface area contributed by atoms with Crippen molar-refractivity contribution in [3.8, 4) is 0 Å². The number of hydrogen-bond acceptors (Lipinski definition) is 3. The highest BCUT2D eigenvalue weighted by Gasteiger charge is 2.25. The molecule has 1 aromatic carbocycles. The van der Waals surface area contributed by atoms with Crippen molar-refractivity contribution in [1.82, 2.24) is 4.90 Å². The first kappa shape index (κ1) is 18.6. The molecule has 0 aromatic heterocycles. The van der Waals surface area contributed by atoms with E-state index in [0.29, 0.717) is 25.1 Å².